The van der Waals surface area contributed by atoms with Crippen molar-refractivity contribution in [1.29, 1.82) is 0 Å². The molecule has 0 aliphatic heterocycles. The second-order valence-corrected chi connectivity index (χ2v) is 17.7. The molecule has 1 atom stereocenters. The molecule has 1 rings (SSSR count). The highest BCUT2D eigenvalue weighted by atomic mass is 16.2. The predicted octanol–water partition coefficient (Wildman–Crippen LogP) is 14.2. The first-order valence-corrected chi connectivity index (χ1v) is 24.4. The van der Waals surface area contributed by atoms with Gasteiger partial charge in [0, 0.05) is 26.2 Å². The van der Waals surface area contributed by atoms with Crippen molar-refractivity contribution < 1.29 is 0 Å². The van der Waals surface area contributed by atoms with Gasteiger partial charge in [-0.25, -0.2) is 0 Å². The van der Waals surface area contributed by atoms with Gasteiger partial charge in [-0.2, -0.15) is 0 Å². The lowest BCUT2D eigenvalue weighted by molar-refractivity contribution is 0.365. The zero-order chi connectivity index (χ0) is 39.5. The van der Waals surface area contributed by atoms with Crippen molar-refractivity contribution in [2.24, 2.45) is 11.8 Å². The average Bonchev–Trinajstić information content (AvgIpc) is 3.16. The molecule has 1 aromatic rings. The summed E-state index contributed by atoms with van der Waals surface area (Å²) in [6.07, 6.45) is 44.9. The fourth-order valence-electron chi connectivity index (χ4n) is 8.68. The van der Waals surface area contributed by atoms with E-state index in [1.54, 1.807) is 0 Å². The minimum absolute atomic E-state index is 0.273. The van der Waals surface area contributed by atoms with E-state index in [4.69, 9.17) is 0 Å². The second-order valence-electron chi connectivity index (χ2n) is 17.7. The summed E-state index contributed by atoms with van der Waals surface area (Å²) in [5.41, 5.74) is 0.660. The Labute approximate surface area is 337 Å². The lowest BCUT2D eigenvalue weighted by atomic mass is 9.89. The third-order valence-corrected chi connectivity index (χ3v) is 12.2. The number of nitrogens with zero attached hydrogens (tertiary/aromatic N) is 2. The summed E-state index contributed by atoms with van der Waals surface area (Å²) >= 11 is 0. The maximum atomic E-state index is 12.9. The average molecular weight is 758 g/mol. The van der Waals surface area contributed by atoms with Crippen LogP contribution in [0.3, 0.4) is 0 Å². The Bertz CT molecular complexity index is 999. The number of anilines is 2. The van der Waals surface area contributed by atoms with Crippen LogP contribution in [0.2, 0.25) is 0 Å². The van der Waals surface area contributed by atoms with Crippen LogP contribution in [0, 0.1) is 11.8 Å². The minimum Gasteiger partial charge on any atom is -0.379 e. The van der Waals surface area contributed by atoms with E-state index in [2.05, 4.69) is 42.8 Å². The van der Waals surface area contributed by atoms with Crippen LogP contribution in [0.1, 0.15) is 240 Å². The molecule has 0 bridgehead atoms. The zero-order valence-corrected chi connectivity index (χ0v) is 37.5. The Morgan fingerprint density at radius 1 is 0.407 bits per heavy atom. The number of nitrogens with one attached hydrogen (secondary N) is 1. The summed E-state index contributed by atoms with van der Waals surface area (Å²) in [6.45, 7) is 12.6. The summed E-state index contributed by atoms with van der Waals surface area (Å²) in [7, 11) is 4.08. The summed E-state index contributed by atoms with van der Waals surface area (Å²) < 4.78 is 0. The van der Waals surface area contributed by atoms with E-state index >= 15 is 0 Å². The maximum Gasteiger partial charge on any atom is 0.253 e. The van der Waals surface area contributed by atoms with Gasteiger partial charge in [0.1, 0.15) is 11.4 Å². The highest BCUT2D eigenvalue weighted by molar-refractivity contribution is 5.75. The highest BCUT2D eigenvalue weighted by Crippen LogP contribution is 2.26. The number of likely N-dealkylation sites (N-methyl/N-ethyl adjacent to an activating group) is 1. The van der Waals surface area contributed by atoms with Gasteiger partial charge in [0.25, 0.3) is 10.9 Å². The third-order valence-electron chi connectivity index (χ3n) is 12.2. The molecule has 0 aromatic heterocycles. The van der Waals surface area contributed by atoms with Gasteiger partial charge in [-0.1, -0.05) is 227 Å². The van der Waals surface area contributed by atoms with Crippen molar-refractivity contribution in [2.75, 3.05) is 50.5 Å². The van der Waals surface area contributed by atoms with Crippen LogP contribution in [-0.2, 0) is 0 Å². The third kappa shape index (κ3) is 25.7. The summed E-state index contributed by atoms with van der Waals surface area (Å²) in [4.78, 5) is 30.0. The first-order chi connectivity index (χ1) is 26.4. The van der Waals surface area contributed by atoms with Gasteiger partial charge in [-0.3, -0.25) is 9.59 Å². The molecule has 0 radical (unpaired) electrons. The number of hydrogen-bond donors (Lipinski definition) is 1. The Balaban J connectivity index is 2.56. The van der Waals surface area contributed by atoms with Gasteiger partial charge in [-0.05, 0) is 38.8 Å². The van der Waals surface area contributed by atoms with Crippen LogP contribution in [0.5, 0.6) is 0 Å². The molecule has 0 fully saturated rings. The molecule has 1 unspecified atom stereocenters. The molecule has 0 saturated carbocycles. The number of unbranched alkanes of at least 4 members (excludes halogenated alkanes) is 21. The van der Waals surface area contributed by atoms with Gasteiger partial charge < -0.3 is 15.1 Å². The van der Waals surface area contributed by atoms with Crippen LogP contribution in [0.15, 0.2) is 9.59 Å². The quantitative estimate of drug-likeness (QED) is 0.0532. The van der Waals surface area contributed by atoms with Crippen LogP contribution in [0.25, 0.3) is 0 Å². The predicted molar refractivity (Wildman–Crippen MR) is 243 cm³/mol. The Hall–Kier alpha value is -1.36. The Morgan fingerprint density at radius 3 is 1.15 bits per heavy atom. The molecule has 5 nitrogen and oxygen atoms in total. The van der Waals surface area contributed by atoms with E-state index in [9.17, 15) is 9.59 Å². The van der Waals surface area contributed by atoms with E-state index in [1.807, 2.05) is 14.1 Å². The summed E-state index contributed by atoms with van der Waals surface area (Å²) in [5, 5.41) is 3.33. The van der Waals surface area contributed by atoms with Gasteiger partial charge in [0.15, 0.2) is 0 Å². The van der Waals surface area contributed by atoms with E-state index in [0.29, 0.717) is 17.9 Å². The molecule has 0 heterocycles. The molecule has 318 valence electrons. The SMILES string of the molecule is CCCCCCCCC(CCCCCCCC)CCCCCCCN(CCCCCCCC(CCC)CCCCCC)c1c(NCCN(C)C)c(=O)c1=O. The van der Waals surface area contributed by atoms with Gasteiger partial charge in [0.05, 0.1) is 0 Å². The second kappa shape index (κ2) is 36.0. The lowest BCUT2D eigenvalue weighted by Gasteiger charge is -2.28. The molecular weight excluding hydrogens is 663 g/mol. The largest absolute Gasteiger partial charge is 0.379 e. The Morgan fingerprint density at radius 2 is 0.759 bits per heavy atom. The molecule has 5 heteroatoms. The standard InChI is InChI=1S/C49H95N3O2/c1-7-11-14-17-21-29-37-45(38-30-22-18-15-12-8-2)39-31-24-20-26-33-42-52(47-46(48(53)49(47)54)50-40-43-51(5)6)41-32-25-19-23-28-36-44(34-10-4)35-27-16-13-9-3/h44-45,50H,7-43H2,1-6H3. The minimum atomic E-state index is -0.318. The van der Waals surface area contributed by atoms with Crippen LogP contribution >= 0.6 is 0 Å². The van der Waals surface area contributed by atoms with Crippen molar-refractivity contribution in [3.8, 4) is 0 Å². The molecule has 0 aliphatic carbocycles. The molecular formula is C49H95N3O2. The van der Waals surface area contributed by atoms with Gasteiger partial charge in [-0.15, -0.1) is 0 Å². The molecule has 0 aliphatic rings. The summed E-state index contributed by atoms with van der Waals surface area (Å²) in [6, 6.07) is 0. The lowest BCUT2D eigenvalue weighted by Crippen LogP contribution is -2.44. The van der Waals surface area contributed by atoms with E-state index < -0.39 is 0 Å². The van der Waals surface area contributed by atoms with Crippen LogP contribution < -0.4 is 21.1 Å². The van der Waals surface area contributed by atoms with E-state index in [0.717, 1.165) is 44.3 Å². The first-order valence-electron chi connectivity index (χ1n) is 24.4. The first kappa shape index (κ1) is 50.7. The molecule has 0 saturated heterocycles. The molecule has 1 aromatic carbocycles. The maximum absolute atomic E-state index is 12.9. The number of hydrogen-bond acceptors (Lipinski definition) is 5. The Kier molecular flexibility index (Phi) is 33.8. The molecule has 0 spiro atoms. The molecule has 54 heavy (non-hydrogen) atoms. The van der Waals surface area contributed by atoms with E-state index in [-0.39, 0.29) is 10.9 Å². The fourth-order valence-corrected chi connectivity index (χ4v) is 8.68. The van der Waals surface area contributed by atoms with Crippen LogP contribution in [-0.4, -0.2) is 45.2 Å². The zero-order valence-electron chi connectivity index (χ0n) is 37.5. The topological polar surface area (TPSA) is 52.6 Å². The van der Waals surface area contributed by atoms with Crippen LogP contribution in [0.4, 0.5) is 11.4 Å². The highest BCUT2D eigenvalue weighted by Gasteiger charge is 2.25. The monoisotopic (exact) mass is 758 g/mol. The molecule has 0 amide bonds. The fraction of sp³-hybridized carbons (Fsp3) is 0.918. The smallest absolute Gasteiger partial charge is 0.253 e. The van der Waals surface area contributed by atoms with Crippen molar-refractivity contribution in [3.63, 3.8) is 0 Å². The van der Waals surface area contributed by atoms with Gasteiger partial charge >= 0.3 is 0 Å². The normalized spacial score (nSPS) is 12.4. The van der Waals surface area contributed by atoms with Crippen molar-refractivity contribution in [1.82, 2.24) is 4.90 Å². The van der Waals surface area contributed by atoms with Crippen molar-refractivity contribution in [3.05, 3.63) is 20.4 Å². The van der Waals surface area contributed by atoms with Crippen molar-refractivity contribution in [2.45, 2.75) is 240 Å². The van der Waals surface area contributed by atoms with Crippen molar-refractivity contribution >= 4 is 11.4 Å². The number of rotatable bonds is 42. The molecule has 1 N–H and O–H groups in total. The van der Waals surface area contributed by atoms with Gasteiger partial charge in [0.2, 0.25) is 0 Å². The van der Waals surface area contributed by atoms with E-state index in [1.165, 1.54) is 199 Å². The summed E-state index contributed by atoms with van der Waals surface area (Å²) in [5.74, 6) is 1.85.